The van der Waals surface area contributed by atoms with Crippen molar-refractivity contribution in [3.8, 4) is 0 Å². The van der Waals surface area contributed by atoms with Crippen molar-refractivity contribution in [3.63, 3.8) is 0 Å². The van der Waals surface area contributed by atoms with Crippen LogP contribution in [0.2, 0.25) is 0 Å². The van der Waals surface area contributed by atoms with Gasteiger partial charge in [0.15, 0.2) is 0 Å². The highest BCUT2D eigenvalue weighted by atomic mass is 35.5. The Hall–Kier alpha value is -0.560. The van der Waals surface area contributed by atoms with E-state index >= 15 is 0 Å². The van der Waals surface area contributed by atoms with Crippen molar-refractivity contribution in [3.05, 3.63) is 17.1 Å². The lowest BCUT2D eigenvalue weighted by atomic mass is 10.3. The number of halogens is 1. The summed E-state index contributed by atoms with van der Waals surface area (Å²) in [4.78, 5) is 0.137. The molecule has 0 amide bonds. The number of nitrogens with one attached hydrogen (secondary N) is 1. The SMILES string of the molecule is COC(C)CNS(=O)(=O)c1c(C)oc(C)c1CCl. The average molecular weight is 296 g/mol. The second kappa shape index (κ2) is 6.06. The zero-order valence-corrected chi connectivity index (χ0v) is 12.5. The first-order chi connectivity index (χ1) is 8.33. The van der Waals surface area contributed by atoms with Crippen LogP contribution in [0.1, 0.15) is 24.0 Å². The standard InChI is InChI=1S/C11H18ClNO4S/c1-7(16-4)6-13-18(14,15)11-9(3)17-8(2)10(11)5-12/h7,13H,5-6H2,1-4H3. The summed E-state index contributed by atoms with van der Waals surface area (Å²) in [5.74, 6) is 0.975. The van der Waals surface area contributed by atoms with Gasteiger partial charge in [0, 0.05) is 19.2 Å². The molecule has 0 radical (unpaired) electrons. The molecule has 0 bridgehead atoms. The number of hydrogen-bond donors (Lipinski definition) is 1. The molecule has 1 rings (SSSR count). The van der Waals surface area contributed by atoms with Gasteiger partial charge in [-0.1, -0.05) is 0 Å². The summed E-state index contributed by atoms with van der Waals surface area (Å²) in [6, 6.07) is 0. The van der Waals surface area contributed by atoms with E-state index in [4.69, 9.17) is 20.8 Å². The third-order valence-corrected chi connectivity index (χ3v) is 4.58. The van der Waals surface area contributed by atoms with Gasteiger partial charge in [-0.25, -0.2) is 13.1 Å². The van der Waals surface area contributed by atoms with Crippen molar-refractivity contribution in [1.29, 1.82) is 0 Å². The Labute approximate surface area is 113 Å². The zero-order chi connectivity index (χ0) is 13.9. The van der Waals surface area contributed by atoms with Gasteiger partial charge in [0.1, 0.15) is 16.4 Å². The maximum Gasteiger partial charge on any atom is 0.244 e. The summed E-state index contributed by atoms with van der Waals surface area (Å²) in [7, 11) is -2.10. The molecule has 104 valence electrons. The van der Waals surface area contributed by atoms with Crippen LogP contribution in [0.5, 0.6) is 0 Å². The lowest BCUT2D eigenvalue weighted by Crippen LogP contribution is -2.32. The first-order valence-electron chi connectivity index (χ1n) is 5.50. The van der Waals surface area contributed by atoms with E-state index < -0.39 is 10.0 Å². The fourth-order valence-corrected chi connectivity index (χ4v) is 3.56. The fraction of sp³-hybridized carbons (Fsp3) is 0.636. The maximum atomic E-state index is 12.2. The van der Waals surface area contributed by atoms with Gasteiger partial charge in [-0.2, -0.15) is 0 Å². The normalized spacial score (nSPS) is 13.8. The van der Waals surface area contributed by atoms with E-state index in [1.807, 2.05) is 0 Å². The fourth-order valence-electron chi connectivity index (χ4n) is 1.60. The summed E-state index contributed by atoms with van der Waals surface area (Å²) in [5.41, 5.74) is 0.506. The molecule has 1 unspecified atom stereocenters. The molecule has 0 fully saturated rings. The van der Waals surface area contributed by atoms with Crippen LogP contribution in [-0.4, -0.2) is 28.2 Å². The lowest BCUT2D eigenvalue weighted by Gasteiger charge is -2.11. The first-order valence-corrected chi connectivity index (χ1v) is 7.52. The van der Waals surface area contributed by atoms with Gasteiger partial charge < -0.3 is 9.15 Å². The van der Waals surface area contributed by atoms with Crippen molar-refractivity contribution in [2.45, 2.75) is 37.7 Å². The van der Waals surface area contributed by atoms with Crippen molar-refractivity contribution in [1.82, 2.24) is 4.72 Å². The van der Waals surface area contributed by atoms with Crippen LogP contribution >= 0.6 is 11.6 Å². The molecule has 5 nitrogen and oxygen atoms in total. The topological polar surface area (TPSA) is 68.5 Å². The smallest absolute Gasteiger partial charge is 0.244 e. The molecule has 0 saturated carbocycles. The molecule has 1 aromatic heterocycles. The van der Waals surface area contributed by atoms with Gasteiger partial charge in [0.25, 0.3) is 0 Å². The number of rotatable bonds is 6. The monoisotopic (exact) mass is 295 g/mol. The zero-order valence-electron chi connectivity index (χ0n) is 10.9. The van der Waals surface area contributed by atoms with Crippen molar-refractivity contribution in [2.75, 3.05) is 13.7 Å². The molecule has 0 aromatic carbocycles. The second-order valence-electron chi connectivity index (χ2n) is 4.05. The van der Waals surface area contributed by atoms with E-state index in [0.29, 0.717) is 17.1 Å². The van der Waals surface area contributed by atoms with E-state index in [9.17, 15) is 8.42 Å². The number of sulfonamides is 1. The molecule has 1 N–H and O–H groups in total. The minimum Gasteiger partial charge on any atom is -0.465 e. The van der Waals surface area contributed by atoms with Crippen molar-refractivity contribution < 1.29 is 17.6 Å². The van der Waals surface area contributed by atoms with Gasteiger partial charge in [0.05, 0.1) is 12.0 Å². The Morgan fingerprint density at radius 2 is 2.00 bits per heavy atom. The summed E-state index contributed by atoms with van der Waals surface area (Å²) in [6.45, 7) is 5.28. The Balaban J connectivity index is 3.05. The van der Waals surface area contributed by atoms with E-state index in [1.165, 1.54) is 7.11 Å². The molecule has 18 heavy (non-hydrogen) atoms. The van der Waals surface area contributed by atoms with Gasteiger partial charge in [-0.3, -0.25) is 0 Å². The van der Waals surface area contributed by atoms with E-state index in [1.54, 1.807) is 20.8 Å². The second-order valence-corrected chi connectivity index (χ2v) is 6.03. The van der Waals surface area contributed by atoms with Gasteiger partial charge in [0.2, 0.25) is 10.0 Å². The molecule has 1 atom stereocenters. The van der Waals surface area contributed by atoms with E-state index in [0.717, 1.165) is 0 Å². The van der Waals surface area contributed by atoms with Gasteiger partial charge in [-0.15, -0.1) is 11.6 Å². The van der Waals surface area contributed by atoms with Crippen LogP contribution in [0.15, 0.2) is 9.31 Å². The number of ether oxygens (including phenoxy) is 1. The number of methoxy groups -OCH3 is 1. The molecule has 0 aliphatic heterocycles. The molecule has 0 spiro atoms. The van der Waals surface area contributed by atoms with Crippen LogP contribution in [-0.2, 0) is 20.6 Å². The Morgan fingerprint density at radius 3 is 2.50 bits per heavy atom. The predicted octanol–water partition coefficient (Wildman–Crippen LogP) is 1.95. The van der Waals surface area contributed by atoms with Gasteiger partial charge in [-0.05, 0) is 20.8 Å². The van der Waals surface area contributed by atoms with Crippen molar-refractivity contribution in [2.24, 2.45) is 0 Å². The molecule has 0 aliphatic rings. The Bertz CT molecular complexity index is 509. The number of aryl methyl sites for hydroxylation is 2. The van der Waals surface area contributed by atoms with E-state index in [2.05, 4.69) is 4.72 Å². The predicted molar refractivity (Wildman–Crippen MR) is 69.4 cm³/mol. The Kier molecular flexibility index (Phi) is 5.21. The summed E-state index contributed by atoms with van der Waals surface area (Å²) >= 11 is 5.77. The highest BCUT2D eigenvalue weighted by molar-refractivity contribution is 7.89. The van der Waals surface area contributed by atoms with Crippen LogP contribution < -0.4 is 4.72 Å². The van der Waals surface area contributed by atoms with Crippen LogP contribution in [0.3, 0.4) is 0 Å². The quantitative estimate of drug-likeness (QED) is 0.815. The molecule has 1 aromatic rings. The average Bonchev–Trinajstić information content (AvgIpc) is 2.61. The molecule has 1 heterocycles. The minimum absolute atomic E-state index is 0.0965. The highest BCUT2D eigenvalue weighted by Gasteiger charge is 2.26. The Morgan fingerprint density at radius 1 is 1.39 bits per heavy atom. The van der Waals surface area contributed by atoms with Crippen molar-refractivity contribution >= 4 is 21.6 Å². The van der Waals surface area contributed by atoms with Crippen LogP contribution in [0.4, 0.5) is 0 Å². The third-order valence-electron chi connectivity index (χ3n) is 2.69. The maximum absolute atomic E-state index is 12.2. The number of alkyl halides is 1. The van der Waals surface area contributed by atoms with Gasteiger partial charge >= 0.3 is 0 Å². The summed E-state index contributed by atoms with van der Waals surface area (Å²) < 4.78 is 37.2. The van der Waals surface area contributed by atoms with E-state index in [-0.39, 0.29) is 23.4 Å². The highest BCUT2D eigenvalue weighted by Crippen LogP contribution is 2.27. The molecule has 0 saturated heterocycles. The number of furan rings is 1. The lowest BCUT2D eigenvalue weighted by molar-refractivity contribution is 0.122. The summed E-state index contributed by atoms with van der Waals surface area (Å²) in [6.07, 6.45) is -0.201. The molecule has 0 aliphatic carbocycles. The van der Waals surface area contributed by atoms with Crippen LogP contribution in [0, 0.1) is 13.8 Å². The number of hydrogen-bond acceptors (Lipinski definition) is 4. The third kappa shape index (κ3) is 3.26. The summed E-state index contributed by atoms with van der Waals surface area (Å²) in [5, 5.41) is 0. The molecular formula is C11H18ClNO4S. The molecule has 7 heteroatoms. The first kappa shape index (κ1) is 15.5. The minimum atomic E-state index is -3.63. The van der Waals surface area contributed by atoms with Crippen LogP contribution in [0.25, 0.3) is 0 Å². The molecular weight excluding hydrogens is 278 g/mol. The largest absolute Gasteiger partial charge is 0.465 e.